The van der Waals surface area contributed by atoms with Crippen LogP contribution in [0, 0.1) is 5.92 Å². The summed E-state index contributed by atoms with van der Waals surface area (Å²) in [5.41, 5.74) is 1.48. The fourth-order valence-electron chi connectivity index (χ4n) is 3.55. The molecule has 1 aliphatic carbocycles. The molecule has 2 fully saturated rings. The molecule has 1 aliphatic heterocycles. The molecule has 5 heteroatoms. The van der Waals surface area contributed by atoms with Crippen molar-refractivity contribution in [2.24, 2.45) is 10.9 Å². The second-order valence-corrected chi connectivity index (χ2v) is 6.80. The second-order valence-electron chi connectivity index (χ2n) is 6.80. The molecule has 0 aromatic heterocycles. The van der Waals surface area contributed by atoms with Gasteiger partial charge < -0.3 is 15.5 Å². The van der Waals surface area contributed by atoms with Gasteiger partial charge in [0, 0.05) is 26.7 Å². The van der Waals surface area contributed by atoms with Gasteiger partial charge in [0.15, 0.2) is 5.96 Å². The van der Waals surface area contributed by atoms with Crippen LogP contribution in [0.1, 0.15) is 37.2 Å². The van der Waals surface area contributed by atoms with E-state index in [1.807, 2.05) is 7.05 Å². The Morgan fingerprint density at radius 1 is 1.12 bits per heavy atom. The van der Waals surface area contributed by atoms with Crippen LogP contribution in [0.5, 0.6) is 0 Å². The number of halogens is 1. The summed E-state index contributed by atoms with van der Waals surface area (Å²) in [5, 5.41) is 6.94. The van der Waals surface area contributed by atoms with Crippen molar-refractivity contribution in [1.82, 2.24) is 15.5 Å². The quantitative estimate of drug-likeness (QED) is 0.404. The first-order valence-electron chi connectivity index (χ1n) is 9.08. The molecule has 1 saturated carbocycles. The number of nitrogens with zero attached hydrogens (tertiary/aromatic N) is 2. The third-order valence-electron chi connectivity index (χ3n) is 5.07. The summed E-state index contributed by atoms with van der Waals surface area (Å²) in [5.74, 6) is 2.42. The maximum atomic E-state index is 4.34. The zero-order valence-corrected chi connectivity index (χ0v) is 17.0. The topological polar surface area (TPSA) is 39.7 Å². The first-order chi connectivity index (χ1) is 11.4. The van der Waals surface area contributed by atoms with Crippen LogP contribution in [0.2, 0.25) is 0 Å². The van der Waals surface area contributed by atoms with Gasteiger partial charge >= 0.3 is 0 Å². The highest BCUT2D eigenvalue weighted by atomic mass is 127. The first-order valence-corrected chi connectivity index (χ1v) is 9.08. The number of rotatable bonds is 6. The number of hydrogen-bond acceptors (Lipinski definition) is 2. The second kappa shape index (κ2) is 10.2. The molecule has 1 aromatic carbocycles. The average molecular weight is 442 g/mol. The van der Waals surface area contributed by atoms with E-state index in [2.05, 4.69) is 50.9 Å². The largest absolute Gasteiger partial charge is 0.356 e. The highest BCUT2D eigenvalue weighted by Crippen LogP contribution is 2.46. The molecule has 1 aromatic rings. The minimum Gasteiger partial charge on any atom is -0.356 e. The molecule has 3 rings (SSSR count). The maximum Gasteiger partial charge on any atom is 0.191 e. The Kier molecular flexibility index (Phi) is 8.32. The number of aliphatic imine (C=N–C) groups is 1. The lowest BCUT2D eigenvalue weighted by molar-refractivity contribution is 0.232. The van der Waals surface area contributed by atoms with Gasteiger partial charge in [-0.15, -0.1) is 24.0 Å². The van der Waals surface area contributed by atoms with Crippen molar-refractivity contribution < 1.29 is 0 Å². The van der Waals surface area contributed by atoms with Crippen molar-refractivity contribution in [2.75, 3.05) is 39.8 Å². The first kappa shape index (κ1) is 19.5. The SMILES string of the molecule is CN=C(NCCN1CCCCC1)NCC1CC1c1ccccc1.I. The lowest BCUT2D eigenvalue weighted by atomic mass is 10.1. The van der Waals surface area contributed by atoms with Gasteiger partial charge in [-0.1, -0.05) is 36.8 Å². The van der Waals surface area contributed by atoms with Crippen LogP contribution in [0.25, 0.3) is 0 Å². The minimum atomic E-state index is 0. The zero-order valence-electron chi connectivity index (χ0n) is 14.7. The number of nitrogens with one attached hydrogen (secondary N) is 2. The highest BCUT2D eigenvalue weighted by Gasteiger charge is 2.37. The summed E-state index contributed by atoms with van der Waals surface area (Å²) >= 11 is 0. The van der Waals surface area contributed by atoms with Crippen molar-refractivity contribution in [3.8, 4) is 0 Å². The van der Waals surface area contributed by atoms with Crippen LogP contribution in [-0.4, -0.2) is 50.6 Å². The monoisotopic (exact) mass is 442 g/mol. The summed E-state index contributed by atoms with van der Waals surface area (Å²) < 4.78 is 0. The third-order valence-corrected chi connectivity index (χ3v) is 5.07. The lowest BCUT2D eigenvalue weighted by Crippen LogP contribution is -2.43. The summed E-state index contributed by atoms with van der Waals surface area (Å²) in [6, 6.07) is 10.9. The fraction of sp³-hybridized carbons (Fsp3) is 0.632. The molecule has 0 radical (unpaired) electrons. The molecule has 2 unspecified atom stereocenters. The van der Waals surface area contributed by atoms with Gasteiger partial charge in [-0.3, -0.25) is 4.99 Å². The smallest absolute Gasteiger partial charge is 0.191 e. The van der Waals surface area contributed by atoms with Crippen LogP contribution in [0.15, 0.2) is 35.3 Å². The Labute approximate surface area is 163 Å². The Hall–Kier alpha value is -0.820. The van der Waals surface area contributed by atoms with Crippen molar-refractivity contribution in [3.63, 3.8) is 0 Å². The molecule has 1 saturated heterocycles. The summed E-state index contributed by atoms with van der Waals surface area (Å²) in [4.78, 5) is 6.90. The third kappa shape index (κ3) is 5.92. The van der Waals surface area contributed by atoms with Crippen LogP contribution >= 0.6 is 24.0 Å². The average Bonchev–Trinajstić information content (AvgIpc) is 3.39. The van der Waals surface area contributed by atoms with Crippen molar-refractivity contribution in [3.05, 3.63) is 35.9 Å². The molecule has 2 atom stereocenters. The van der Waals surface area contributed by atoms with Gasteiger partial charge in [0.1, 0.15) is 0 Å². The van der Waals surface area contributed by atoms with Crippen molar-refractivity contribution in [2.45, 2.75) is 31.6 Å². The Bertz CT molecular complexity index is 499. The summed E-state index contributed by atoms with van der Waals surface area (Å²) in [6.45, 7) is 5.63. The lowest BCUT2D eigenvalue weighted by Gasteiger charge is -2.26. The number of benzene rings is 1. The molecule has 4 nitrogen and oxygen atoms in total. The molecule has 0 amide bonds. The summed E-state index contributed by atoms with van der Waals surface area (Å²) in [6.07, 6.45) is 5.41. The highest BCUT2D eigenvalue weighted by molar-refractivity contribution is 14.0. The number of likely N-dealkylation sites (tertiary alicyclic amines) is 1. The molecule has 24 heavy (non-hydrogen) atoms. The van der Waals surface area contributed by atoms with E-state index in [9.17, 15) is 0 Å². The molecular formula is C19H31IN4. The normalized spacial score (nSPS) is 24.1. The van der Waals surface area contributed by atoms with E-state index in [1.54, 1.807) is 0 Å². The van der Waals surface area contributed by atoms with E-state index in [-0.39, 0.29) is 24.0 Å². The molecular weight excluding hydrogens is 411 g/mol. The zero-order chi connectivity index (χ0) is 15.9. The van der Waals surface area contributed by atoms with E-state index in [0.29, 0.717) is 0 Å². The van der Waals surface area contributed by atoms with Crippen LogP contribution in [0.3, 0.4) is 0 Å². The van der Waals surface area contributed by atoms with E-state index < -0.39 is 0 Å². The van der Waals surface area contributed by atoms with Gasteiger partial charge in [-0.2, -0.15) is 0 Å². The van der Waals surface area contributed by atoms with Gasteiger partial charge in [0.05, 0.1) is 0 Å². The number of guanidine groups is 1. The predicted octanol–water partition coefficient (Wildman–Crippen LogP) is 3.06. The Balaban J connectivity index is 0.00000208. The molecule has 134 valence electrons. The van der Waals surface area contributed by atoms with E-state index in [4.69, 9.17) is 0 Å². The minimum absolute atomic E-state index is 0. The molecule has 0 spiro atoms. The van der Waals surface area contributed by atoms with E-state index in [1.165, 1.54) is 44.3 Å². The Morgan fingerprint density at radius 3 is 2.58 bits per heavy atom. The van der Waals surface area contributed by atoms with E-state index >= 15 is 0 Å². The molecule has 2 aliphatic rings. The molecule has 2 N–H and O–H groups in total. The predicted molar refractivity (Wildman–Crippen MR) is 112 cm³/mol. The number of piperidine rings is 1. The van der Waals surface area contributed by atoms with Gasteiger partial charge in [-0.25, -0.2) is 0 Å². The number of hydrogen-bond donors (Lipinski definition) is 2. The van der Waals surface area contributed by atoms with Crippen molar-refractivity contribution >= 4 is 29.9 Å². The fourth-order valence-corrected chi connectivity index (χ4v) is 3.55. The molecule has 1 heterocycles. The van der Waals surface area contributed by atoms with Gasteiger partial charge in [0.2, 0.25) is 0 Å². The van der Waals surface area contributed by atoms with Crippen molar-refractivity contribution in [1.29, 1.82) is 0 Å². The maximum absolute atomic E-state index is 4.34. The van der Waals surface area contributed by atoms with Gasteiger partial charge in [0.25, 0.3) is 0 Å². The van der Waals surface area contributed by atoms with Crippen LogP contribution in [-0.2, 0) is 0 Å². The van der Waals surface area contributed by atoms with Gasteiger partial charge in [-0.05, 0) is 49.8 Å². The van der Waals surface area contributed by atoms with Crippen LogP contribution < -0.4 is 10.6 Å². The Morgan fingerprint density at radius 2 is 1.88 bits per heavy atom. The van der Waals surface area contributed by atoms with E-state index in [0.717, 1.165) is 37.4 Å². The molecule has 0 bridgehead atoms. The standard InChI is InChI=1S/C19H30N4.HI/c1-20-19(21-10-13-23-11-6-3-7-12-23)22-15-17-14-18(17)16-8-4-2-5-9-16;/h2,4-5,8-9,17-18H,3,6-7,10-15H2,1H3,(H2,20,21,22);1H. The van der Waals surface area contributed by atoms with Crippen LogP contribution in [0.4, 0.5) is 0 Å². The summed E-state index contributed by atoms with van der Waals surface area (Å²) in [7, 11) is 1.86.